The van der Waals surface area contributed by atoms with Crippen molar-refractivity contribution in [3.63, 3.8) is 0 Å². The number of anilines is 2. The quantitative estimate of drug-likeness (QED) is 0.265. The molecule has 0 radical (unpaired) electrons. The molecule has 8 nitrogen and oxygen atoms in total. The lowest BCUT2D eigenvalue weighted by Gasteiger charge is -2.18. The average molecular weight is 512 g/mol. The molecule has 3 aromatic heterocycles. The SMILES string of the molecule is C=C(O)c1cc(OC(F)(F)F)ccc1Nc1c(-c2cnccc2OC)c(CC)nn1-c1cccnc1C. The Morgan fingerprint density at radius 2 is 1.97 bits per heavy atom. The molecule has 0 spiro atoms. The zero-order chi connectivity index (χ0) is 26.7. The molecule has 4 rings (SSSR count). The lowest BCUT2D eigenvalue weighted by molar-refractivity contribution is -0.274. The second-order valence-corrected chi connectivity index (χ2v) is 7.95. The fraction of sp³-hybridized carbons (Fsp3) is 0.192. The van der Waals surface area contributed by atoms with Crippen molar-refractivity contribution in [2.45, 2.75) is 26.6 Å². The van der Waals surface area contributed by atoms with Crippen LogP contribution in [0.3, 0.4) is 0 Å². The first kappa shape index (κ1) is 25.5. The number of hydrogen-bond donors (Lipinski definition) is 2. The molecule has 0 saturated heterocycles. The van der Waals surface area contributed by atoms with Crippen LogP contribution in [0.25, 0.3) is 22.6 Å². The lowest BCUT2D eigenvalue weighted by atomic mass is 10.0. The van der Waals surface area contributed by atoms with Gasteiger partial charge in [0, 0.05) is 29.7 Å². The Kier molecular flexibility index (Phi) is 7.05. The van der Waals surface area contributed by atoms with E-state index in [-0.39, 0.29) is 11.3 Å². The van der Waals surface area contributed by atoms with Gasteiger partial charge in [0.15, 0.2) is 0 Å². The van der Waals surface area contributed by atoms with E-state index < -0.39 is 17.9 Å². The summed E-state index contributed by atoms with van der Waals surface area (Å²) in [4.78, 5) is 8.61. The number of aryl methyl sites for hydroxylation is 2. The molecule has 0 aliphatic carbocycles. The first-order valence-electron chi connectivity index (χ1n) is 11.2. The van der Waals surface area contributed by atoms with Crippen molar-refractivity contribution in [1.82, 2.24) is 19.7 Å². The summed E-state index contributed by atoms with van der Waals surface area (Å²) in [5, 5.41) is 18.3. The lowest BCUT2D eigenvalue weighted by Crippen LogP contribution is -2.17. The predicted octanol–water partition coefficient (Wildman–Crippen LogP) is 6.38. The highest BCUT2D eigenvalue weighted by Gasteiger charge is 2.31. The van der Waals surface area contributed by atoms with Gasteiger partial charge in [-0.2, -0.15) is 5.10 Å². The van der Waals surface area contributed by atoms with Crippen LogP contribution in [0.4, 0.5) is 24.7 Å². The second kappa shape index (κ2) is 10.2. The van der Waals surface area contributed by atoms with Crippen molar-refractivity contribution in [3.8, 4) is 28.3 Å². The van der Waals surface area contributed by atoms with Gasteiger partial charge in [-0.05, 0) is 49.7 Å². The molecule has 3 heterocycles. The van der Waals surface area contributed by atoms with Gasteiger partial charge in [0.05, 0.1) is 35.4 Å². The van der Waals surface area contributed by atoms with Crippen LogP contribution in [0.2, 0.25) is 0 Å². The number of nitrogens with zero attached hydrogens (tertiary/aromatic N) is 4. The first-order valence-corrected chi connectivity index (χ1v) is 11.2. The van der Waals surface area contributed by atoms with Gasteiger partial charge in [-0.3, -0.25) is 9.97 Å². The number of hydrogen-bond acceptors (Lipinski definition) is 7. The molecule has 0 atom stereocenters. The number of rotatable bonds is 8. The number of nitrogens with one attached hydrogen (secondary N) is 1. The maximum Gasteiger partial charge on any atom is 0.573 e. The van der Waals surface area contributed by atoms with Crippen LogP contribution in [0.5, 0.6) is 11.5 Å². The third-order valence-electron chi connectivity index (χ3n) is 5.56. The molecular weight excluding hydrogens is 487 g/mol. The number of pyridine rings is 2. The van der Waals surface area contributed by atoms with Crippen LogP contribution in [-0.2, 0) is 6.42 Å². The smallest absolute Gasteiger partial charge is 0.508 e. The maximum atomic E-state index is 12.8. The Balaban J connectivity index is 1.96. The molecule has 2 N–H and O–H groups in total. The number of benzene rings is 1. The van der Waals surface area contributed by atoms with E-state index in [1.165, 1.54) is 6.07 Å². The summed E-state index contributed by atoms with van der Waals surface area (Å²) >= 11 is 0. The Bertz CT molecular complexity index is 1450. The minimum absolute atomic E-state index is 0.0135. The summed E-state index contributed by atoms with van der Waals surface area (Å²) in [6.45, 7) is 7.29. The van der Waals surface area contributed by atoms with Crippen molar-refractivity contribution >= 4 is 17.3 Å². The fourth-order valence-corrected chi connectivity index (χ4v) is 3.93. The molecule has 1 aromatic carbocycles. The largest absolute Gasteiger partial charge is 0.573 e. The van der Waals surface area contributed by atoms with Gasteiger partial charge < -0.3 is 19.9 Å². The summed E-state index contributed by atoms with van der Waals surface area (Å²) in [7, 11) is 1.54. The molecule has 11 heteroatoms. The summed E-state index contributed by atoms with van der Waals surface area (Å²) in [6.07, 6.45) is 0.566. The van der Waals surface area contributed by atoms with E-state index in [4.69, 9.17) is 9.84 Å². The minimum atomic E-state index is -4.89. The molecular formula is C26H24F3N5O3. The molecule has 4 aromatic rings. The number of halogens is 3. The maximum absolute atomic E-state index is 12.8. The molecule has 0 saturated carbocycles. The van der Waals surface area contributed by atoms with E-state index in [9.17, 15) is 18.3 Å². The highest BCUT2D eigenvalue weighted by atomic mass is 19.4. The van der Waals surface area contributed by atoms with Gasteiger partial charge in [-0.15, -0.1) is 13.2 Å². The topological polar surface area (TPSA) is 94.3 Å². The van der Waals surface area contributed by atoms with Crippen molar-refractivity contribution in [2.75, 3.05) is 12.4 Å². The standard InChI is InChI=1S/C26H24F3N5O3/c1-5-20-24(19-14-30-12-10-23(19)36-4)25(34(33-20)22-7-6-11-31-15(22)2)32-21-9-8-17(37-26(27,28)29)13-18(21)16(3)35/h6-14,32,35H,3,5H2,1-2,4H3. The monoisotopic (exact) mass is 511 g/mol. The Morgan fingerprint density at radius 3 is 2.62 bits per heavy atom. The van der Waals surface area contributed by atoms with E-state index in [1.54, 1.807) is 42.5 Å². The number of ether oxygens (including phenoxy) is 2. The Morgan fingerprint density at radius 1 is 1.19 bits per heavy atom. The predicted molar refractivity (Wildman–Crippen MR) is 133 cm³/mol. The minimum Gasteiger partial charge on any atom is -0.508 e. The number of methoxy groups -OCH3 is 1. The summed E-state index contributed by atoms with van der Waals surface area (Å²) in [5.41, 5.74) is 3.69. The van der Waals surface area contributed by atoms with Crippen LogP contribution in [0.15, 0.2) is 61.6 Å². The van der Waals surface area contributed by atoms with Gasteiger partial charge in [0.25, 0.3) is 0 Å². The fourth-order valence-electron chi connectivity index (χ4n) is 3.93. The van der Waals surface area contributed by atoms with Gasteiger partial charge in [0.1, 0.15) is 23.1 Å². The molecule has 37 heavy (non-hydrogen) atoms. The highest BCUT2D eigenvalue weighted by molar-refractivity contribution is 5.87. The van der Waals surface area contributed by atoms with Crippen LogP contribution in [-0.4, -0.2) is 38.3 Å². The molecule has 0 unspecified atom stereocenters. The van der Waals surface area contributed by atoms with Gasteiger partial charge in [0.2, 0.25) is 0 Å². The molecule has 0 aliphatic heterocycles. The third kappa shape index (κ3) is 5.35. The van der Waals surface area contributed by atoms with Crippen molar-refractivity contribution in [1.29, 1.82) is 0 Å². The first-order chi connectivity index (χ1) is 17.6. The molecule has 0 amide bonds. The van der Waals surface area contributed by atoms with E-state index in [0.717, 1.165) is 12.1 Å². The summed E-state index contributed by atoms with van der Waals surface area (Å²) < 4.78 is 49.6. The second-order valence-electron chi connectivity index (χ2n) is 7.95. The zero-order valence-corrected chi connectivity index (χ0v) is 20.3. The Hall–Kier alpha value is -4.54. The average Bonchev–Trinajstić information content (AvgIpc) is 3.21. The van der Waals surface area contributed by atoms with Gasteiger partial charge in [-0.25, -0.2) is 4.68 Å². The zero-order valence-electron chi connectivity index (χ0n) is 20.3. The number of aliphatic hydroxyl groups is 1. The third-order valence-corrected chi connectivity index (χ3v) is 5.56. The van der Waals surface area contributed by atoms with Crippen LogP contribution in [0, 0.1) is 6.92 Å². The Labute approximate surface area is 211 Å². The number of aromatic nitrogens is 4. The molecule has 0 fully saturated rings. The molecule has 0 bridgehead atoms. The summed E-state index contributed by atoms with van der Waals surface area (Å²) in [5.74, 6) is 0.0698. The number of alkyl halides is 3. The van der Waals surface area contributed by atoms with Gasteiger partial charge >= 0.3 is 6.36 Å². The van der Waals surface area contributed by atoms with Crippen LogP contribution >= 0.6 is 0 Å². The summed E-state index contributed by atoms with van der Waals surface area (Å²) in [6, 6.07) is 8.89. The van der Waals surface area contributed by atoms with E-state index in [1.807, 2.05) is 19.9 Å². The van der Waals surface area contributed by atoms with E-state index >= 15 is 0 Å². The molecule has 0 aliphatic rings. The van der Waals surface area contributed by atoms with Crippen molar-refractivity contribution < 1.29 is 27.8 Å². The van der Waals surface area contributed by atoms with Crippen LogP contribution < -0.4 is 14.8 Å². The molecule has 192 valence electrons. The van der Waals surface area contributed by atoms with Gasteiger partial charge in [-0.1, -0.05) is 13.5 Å². The van der Waals surface area contributed by atoms with Crippen molar-refractivity contribution in [3.05, 3.63) is 78.5 Å². The number of aliphatic hydroxyl groups excluding tert-OH is 1. The normalized spacial score (nSPS) is 11.3. The highest BCUT2D eigenvalue weighted by Crippen LogP contribution is 2.41. The van der Waals surface area contributed by atoms with E-state index in [0.29, 0.717) is 46.2 Å². The van der Waals surface area contributed by atoms with Crippen molar-refractivity contribution in [2.24, 2.45) is 0 Å². The van der Waals surface area contributed by atoms with Crippen LogP contribution in [0.1, 0.15) is 23.9 Å². The van der Waals surface area contributed by atoms with E-state index in [2.05, 4.69) is 26.6 Å².